The van der Waals surface area contributed by atoms with Gasteiger partial charge in [-0.3, -0.25) is 0 Å². The summed E-state index contributed by atoms with van der Waals surface area (Å²) in [7, 11) is 0. The lowest BCUT2D eigenvalue weighted by molar-refractivity contribution is 0.316. The van der Waals surface area contributed by atoms with Crippen molar-refractivity contribution in [3.63, 3.8) is 0 Å². The van der Waals surface area contributed by atoms with Crippen molar-refractivity contribution in [3.05, 3.63) is 35.4 Å². The molecule has 0 bridgehead atoms. The van der Waals surface area contributed by atoms with Gasteiger partial charge in [0, 0.05) is 6.54 Å². The SMILES string of the molecule is CC(C)CNCC1(C)Cc2ccccc2C1. The highest BCUT2D eigenvalue weighted by atomic mass is 14.9. The number of hydrogen-bond acceptors (Lipinski definition) is 1. The molecule has 1 nitrogen and oxygen atoms in total. The molecule has 1 aromatic carbocycles. The van der Waals surface area contributed by atoms with Crippen molar-refractivity contribution in [1.82, 2.24) is 5.32 Å². The number of rotatable bonds is 4. The molecule has 0 saturated heterocycles. The first-order chi connectivity index (χ1) is 7.59. The van der Waals surface area contributed by atoms with Crippen LogP contribution < -0.4 is 5.32 Å². The normalized spacial score (nSPS) is 17.8. The minimum Gasteiger partial charge on any atom is -0.316 e. The highest BCUT2D eigenvalue weighted by molar-refractivity contribution is 5.34. The Labute approximate surface area is 99.3 Å². The zero-order chi connectivity index (χ0) is 11.6. The van der Waals surface area contributed by atoms with Gasteiger partial charge in [-0.05, 0) is 41.8 Å². The second kappa shape index (κ2) is 4.58. The summed E-state index contributed by atoms with van der Waals surface area (Å²) in [5, 5.41) is 3.60. The van der Waals surface area contributed by atoms with E-state index < -0.39 is 0 Å². The van der Waals surface area contributed by atoms with Crippen LogP contribution in [0.5, 0.6) is 0 Å². The fraction of sp³-hybridized carbons (Fsp3) is 0.600. The van der Waals surface area contributed by atoms with Gasteiger partial charge in [-0.1, -0.05) is 45.0 Å². The van der Waals surface area contributed by atoms with Gasteiger partial charge in [0.15, 0.2) is 0 Å². The van der Waals surface area contributed by atoms with Crippen LogP contribution in [0.1, 0.15) is 31.9 Å². The molecule has 1 N–H and O–H groups in total. The maximum Gasteiger partial charge on any atom is 0.00117 e. The van der Waals surface area contributed by atoms with Gasteiger partial charge in [-0.25, -0.2) is 0 Å². The highest BCUT2D eigenvalue weighted by Crippen LogP contribution is 2.35. The van der Waals surface area contributed by atoms with Crippen LogP contribution in [0.3, 0.4) is 0 Å². The van der Waals surface area contributed by atoms with E-state index in [1.165, 1.54) is 12.8 Å². The molecule has 0 atom stereocenters. The third-order valence-corrected chi connectivity index (χ3v) is 3.46. The maximum atomic E-state index is 3.60. The van der Waals surface area contributed by atoms with Crippen molar-refractivity contribution < 1.29 is 0 Å². The second-order valence-corrected chi connectivity index (χ2v) is 5.96. The van der Waals surface area contributed by atoms with E-state index in [0.717, 1.165) is 19.0 Å². The largest absolute Gasteiger partial charge is 0.316 e. The summed E-state index contributed by atoms with van der Waals surface area (Å²) in [5.74, 6) is 0.743. The van der Waals surface area contributed by atoms with Crippen LogP contribution in [0, 0.1) is 11.3 Å². The molecule has 0 heterocycles. The van der Waals surface area contributed by atoms with Crippen molar-refractivity contribution in [2.75, 3.05) is 13.1 Å². The van der Waals surface area contributed by atoms with Gasteiger partial charge in [-0.15, -0.1) is 0 Å². The molecular weight excluding hydrogens is 194 g/mol. The Bertz CT molecular complexity index is 329. The summed E-state index contributed by atoms with van der Waals surface area (Å²) in [4.78, 5) is 0. The molecule has 1 aliphatic carbocycles. The fourth-order valence-corrected chi connectivity index (χ4v) is 2.67. The lowest BCUT2D eigenvalue weighted by Gasteiger charge is -2.24. The molecule has 88 valence electrons. The van der Waals surface area contributed by atoms with Crippen molar-refractivity contribution >= 4 is 0 Å². The molecule has 0 aromatic heterocycles. The summed E-state index contributed by atoms with van der Waals surface area (Å²) in [6, 6.07) is 8.88. The number of nitrogens with one attached hydrogen (secondary N) is 1. The molecular formula is C15H23N. The van der Waals surface area contributed by atoms with E-state index in [2.05, 4.69) is 50.4 Å². The van der Waals surface area contributed by atoms with Crippen LogP contribution in [0.15, 0.2) is 24.3 Å². The molecule has 0 saturated carbocycles. The van der Waals surface area contributed by atoms with Crippen molar-refractivity contribution in [2.24, 2.45) is 11.3 Å². The predicted octanol–water partition coefficient (Wildman–Crippen LogP) is 3.04. The lowest BCUT2D eigenvalue weighted by atomic mass is 9.87. The van der Waals surface area contributed by atoms with E-state index in [9.17, 15) is 0 Å². The summed E-state index contributed by atoms with van der Waals surface area (Å²) >= 11 is 0. The summed E-state index contributed by atoms with van der Waals surface area (Å²) in [6.07, 6.45) is 2.46. The van der Waals surface area contributed by atoms with Crippen molar-refractivity contribution in [1.29, 1.82) is 0 Å². The standard InChI is InChI=1S/C15H23N/c1-12(2)10-16-11-15(3)8-13-6-4-5-7-14(13)9-15/h4-7,12,16H,8-11H2,1-3H3. The van der Waals surface area contributed by atoms with Crippen LogP contribution in [0.2, 0.25) is 0 Å². The lowest BCUT2D eigenvalue weighted by Crippen LogP contribution is -2.34. The Morgan fingerprint density at radius 2 is 1.75 bits per heavy atom. The third-order valence-electron chi connectivity index (χ3n) is 3.46. The molecule has 0 spiro atoms. The average Bonchev–Trinajstić information content (AvgIpc) is 2.53. The van der Waals surface area contributed by atoms with E-state index >= 15 is 0 Å². The number of hydrogen-bond donors (Lipinski definition) is 1. The smallest absolute Gasteiger partial charge is 0.00117 e. The Morgan fingerprint density at radius 1 is 1.19 bits per heavy atom. The van der Waals surface area contributed by atoms with Gasteiger partial charge in [-0.2, -0.15) is 0 Å². The number of benzene rings is 1. The van der Waals surface area contributed by atoms with Crippen molar-refractivity contribution in [3.8, 4) is 0 Å². The minimum absolute atomic E-state index is 0.429. The van der Waals surface area contributed by atoms with Gasteiger partial charge in [0.1, 0.15) is 0 Å². The monoisotopic (exact) mass is 217 g/mol. The Morgan fingerprint density at radius 3 is 2.25 bits per heavy atom. The Hall–Kier alpha value is -0.820. The minimum atomic E-state index is 0.429. The van der Waals surface area contributed by atoms with E-state index in [0.29, 0.717) is 5.41 Å². The first kappa shape index (κ1) is 11.7. The Kier molecular flexibility index (Phi) is 3.34. The molecule has 0 amide bonds. The predicted molar refractivity (Wildman–Crippen MR) is 69.7 cm³/mol. The quantitative estimate of drug-likeness (QED) is 0.817. The summed E-state index contributed by atoms with van der Waals surface area (Å²) in [6.45, 7) is 9.20. The number of fused-ring (bicyclic) bond motifs is 1. The molecule has 0 radical (unpaired) electrons. The zero-order valence-electron chi connectivity index (χ0n) is 10.7. The van der Waals surface area contributed by atoms with Crippen LogP contribution in [-0.4, -0.2) is 13.1 Å². The van der Waals surface area contributed by atoms with Crippen LogP contribution in [0.4, 0.5) is 0 Å². The van der Waals surface area contributed by atoms with Crippen LogP contribution in [-0.2, 0) is 12.8 Å². The van der Waals surface area contributed by atoms with E-state index in [1.807, 2.05) is 0 Å². The van der Waals surface area contributed by atoms with E-state index in [-0.39, 0.29) is 0 Å². The van der Waals surface area contributed by atoms with Gasteiger partial charge < -0.3 is 5.32 Å². The van der Waals surface area contributed by atoms with E-state index in [1.54, 1.807) is 11.1 Å². The molecule has 2 rings (SSSR count). The van der Waals surface area contributed by atoms with Gasteiger partial charge in [0.05, 0.1) is 0 Å². The maximum absolute atomic E-state index is 3.60. The van der Waals surface area contributed by atoms with Crippen LogP contribution >= 0.6 is 0 Å². The fourth-order valence-electron chi connectivity index (χ4n) is 2.67. The Balaban J connectivity index is 1.93. The third kappa shape index (κ3) is 2.65. The van der Waals surface area contributed by atoms with Gasteiger partial charge in [0.25, 0.3) is 0 Å². The highest BCUT2D eigenvalue weighted by Gasteiger charge is 2.31. The van der Waals surface area contributed by atoms with Crippen molar-refractivity contribution in [2.45, 2.75) is 33.6 Å². The second-order valence-electron chi connectivity index (χ2n) is 5.96. The molecule has 1 heteroatoms. The molecule has 0 unspecified atom stereocenters. The molecule has 0 aliphatic heterocycles. The molecule has 1 aliphatic rings. The van der Waals surface area contributed by atoms with E-state index in [4.69, 9.17) is 0 Å². The average molecular weight is 217 g/mol. The topological polar surface area (TPSA) is 12.0 Å². The van der Waals surface area contributed by atoms with Gasteiger partial charge >= 0.3 is 0 Å². The zero-order valence-corrected chi connectivity index (χ0v) is 10.7. The first-order valence-electron chi connectivity index (χ1n) is 6.37. The molecule has 1 aromatic rings. The summed E-state index contributed by atoms with van der Waals surface area (Å²) < 4.78 is 0. The molecule has 16 heavy (non-hydrogen) atoms. The van der Waals surface area contributed by atoms with Gasteiger partial charge in [0.2, 0.25) is 0 Å². The van der Waals surface area contributed by atoms with Crippen LogP contribution in [0.25, 0.3) is 0 Å². The first-order valence-corrected chi connectivity index (χ1v) is 6.37. The molecule has 0 fully saturated rings. The summed E-state index contributed by atoms with van der Waals surface area (Å²) in [5.41, 5.74) is 3.53.